The van der Waals surface area contributed by atoms with Crippen molar-refractivity contribution in [2.24, 2.45) is 10.1 Å². The van der Waals surface area contributed by atoms with Gasteiger partial charge >= 0.3 is 0 Å². The van der Waals surface area contributed by atoms with Crippen LogP contribution in [0.3, 0.4) is 0 Å². The van der Waals surface area contributed by atoms with Crippen LogP contribution in [0.4, 0.5) is 5.69 Å². The minimum Gasteiger partial charge on any atom is -0.377 e. The SMILES string of the molecule is CN(C)c1ccc(/C=C2/C(=N)N3N=C(c4cccnc4)SC3=NC2=O)cc1Br. The van der Waals surface area contributed by atoms with Gasteiger partial charge in [0.1, 0.15) is 5.04 Å². The number of amidine groups is 2. The van der Waals surface area contributed by atoms with E-state index in [0.717, 1.165) is 21.3 Å². The molecule has 0 unspecified atom stereocenters. The van der Waals surface area contributed by atoms with Crippen LogP contribution < -0.4 is 4.90 Å². The quantitative estimate of drug-likeness (QED) is 0.716. The molecule has 0 atom stereocenters. The van der Waals surface area contributed by atoms with Gasteiger partial charge < -0.3 is 4.90 Å². The molecular weight excluding hydrogens is 440 g/mol. The first-order valence-corrected chi connectivity index (χ1v) is 9.92. The number of carbonyl (C=O) groups excluding carboxylic acids is 1. The van der Waals surface area contributed by atoms with E-state index >= 15 is 0 Å². The van der Waals surface area contributed by atoms with Gasteiger partial charge in [-0.05, 0) is 63.6 Å². The maximum absolute atomic E-state index is 12.5. The van der Waals surface area contributed by atoms with E-state index in [1.807, 2.05) is 49.3 Å². The summed E-state index contributed by atoms with van der Waals surface area (Å²) in [5, 5.41) is 15.4. The molecule has 1 amide bonds. The number of hydrazone groups is 1. The van der Waals surface area contributed by atoms with Crippen LogP contribution >= 0.6 is 27.7 Å². The predicted octanol–water partition coefficient (Wildman–Crippen LogP) is 3.58. The Kier molecular flexibility index (Phi) is 4.86. The first-order chi connectivity index (χ1) is 13.4. The highest BCUT2D eigenvalue weighted by Gasteiger charge is 2.36. The maximum atomic E-state index is 12.5. The van der Waals surface area contributed by atoms with E-state index < -0.39 is 5.91 Å². The Morgan fingerprint density at radius 2 is 2.11 bits per heavy atom. The van der Waals surface area contributed by atoms with Crippen LogP contribution in [0.2, 0.25) is 0 Å². The fourth-order valence-electron chi connectivity index (χ4n) is 2.74. The number of fused-ring (bicyclic) bond motifs is 1. The molecule has 1 N–H and O–H groups in total. The number of hydrogen-bond acceptors (Lipinski definition) is 6. The van der Waals surface area contributed by atoms with E-state index in [1.54, 1.807) is 18.5 Å². The van der Waals surface area contributed by atoms with Gasteiger partial charge in [-0.3, -0.25) is 15.2 Å². The Morgan fingerprint density at radius 3 is 2.79 bits per heavy atom. The summed E-state index contributed by atoms with van der Waals surface area (Å²) in [6.45, 7) is 0. The molecule has 0 radical (unpaired) electrons. The monoisotopic (exact) mass is 454 g/mol. The van der Waals surface area contributed by atoms with E-state index in [4.69, 9.17) is 5.41 Å². The molecule has 2 aliphatic rings. The zero-order chi connectivity index (χ0) is 19.8. The summed E-state index contributed by atoms with van der Waals surface area (Å²) in [5.74, 6) is -0.437. The molecule has 1 aromatic carbocycles. The van der Waals surface area contributed by atoms with Crippen molar-refractivity contribution in [2.75, 3.05) is 19.0 Å². The third-order valence-corrected chi connectivity index (χ3v) is 5.72. The largest absolute Gasteiger partial charge is 0.377 e. The lowest BCUT2D eigenvalue weighted by molar-refractivity contribution is -0.114. The maximum Gasteiger partial charge on any atom is 0.283 e. The first-order valence-electron chi connectivity index (χ1n) is 8.31. The minimum atomic E-state index is -0.445. The second kappa shape index (κ2) is 7.33. The zero-order valence-electron chi connectivity index (χ0n) is 15.0. The van der Waals surface area contributed by atoms with Crippen molar-refractivity contribution in [1.82, 2.24) is 9.99 Å². The molecule has 0 saturated carbocycles. The molecule has 0 spiro atoms. The molecule has 7 nitrogen and oxygen atoms in total. The lowest BCUT2D eigenvalue weighted by atomic mass is 10.1. The lowest BCUT2D eigenvalue weighted by Gasteiger charge is -2.20. The van der Waals surface area contributed by atoms with E-state index in [9.17, 15) is 4.79 Å². The van der Waals surface area contributed by atoms with E-state index in [-0.39, 0.29) is 11.4 Å². The van der Waals surface area contributed by atoms with Gasteiger partial charge in [-0.2, -0.15) is 15.1 Å². The third kappa shape index (κ3) is 3.38. The summed E-state index contributed by atoms with van der Waals surface area (Å²) in [6.07, 6.45) is 5.04. The summed E-state index contributed by atoms with van der Waals surface area (Å²) in [7, 11) is 3.91. The molecule has 0 aliphatic carbocycles. The number of hydrogen-bond donors (Lipinski definition) is 1. The summed E-state index contributed by atoms with van der Waals surface area (Å²) in [4.78, 5) is 22.7. The van der Waals surface area contributed by atoms with Crippen LogP contribution in [-0.4, -0.2) is 46.0 Å². The van der Waals surface area contributed by atoms with Gasteiger partial charge in [-0.25, -0.2) is 0 Å². The number of nitrogens with zero attached hydrogens (tertiary/aromatic N) is 5. The molecule has 28 heavy (non-hydrogen) atoms. The molecule has 2 aromatic rings. The highest BCUT2D eigenvalue weighted by molar-refractivity contribution is 9.10. The number of aromatic nitrogens is 1. The van der Waals surface area contributed by atoms with Gasteiger partial charge in [0.05, 0.1) is 11.3 Å². The Morgan fingerprint density at radius 1 is 1.29 bits per heavy atom. The Hall–Kier alpha value is -2.78. The van der Waals surface area contributed by atoms with Crippen molar-refractivity contribution in [1.29, 1.82) is 5.41 Å². The van der Waals surface area contributed by atoms with Crippen LogP contribution in [0.1, 0.15) is 11.1 Å². The van der Waals surface area contributed by atoms with Crippen molar-refractivity contribution < 1.29 is 4.79 Å². The predicted molar refractivity (Wildman–Crippen MR) is 117 cm³/mol. The summed E-state index contributed by atoms with van der Waals surface area (Å²) in [5.41, 5.74) is 2.84. The molecule has 140 valence electrons. The van der Waals surface area contributed by atoms with Gasteiger partial charge in [0, 0.05) is 36.5 Å². The van der Waals surface area contributed by atoms with Crippen molar-refractivity contribution in [3.8, 4) is 0 Å². The van der Waals surface area contributed by atoms with Gasteiger partial charge in [-0.15, -0.1) is 0 Å². The fraction of sp³-hybridized carbons (Fsp3) is 0.105. The van der Waals surface area contributed by atoms with Crippen molar-refractivity contribution in [3.63, 3.8) is 0 Å². The molecule has 0 bridgehead atoms. The molecular formula is C19H15BrN6OS. The molecule has 2 aliphatic heterocycles. The molecule has 9 heteroatoms. The highest BCUT2D eigenvalue weighted by atomic mass is 79.9. The lowest BCUT2D eigenvalue weighted by Crippen LogP contribution is -2.35. The van der Waals surface area contributed by atoms with E-state index in [2.05, 4.69) is 31.0 Å². The molecule has 0 saturated heterocycles. The summed E-state index contributed by atoms with van der Waals surface area (Å²) in [6, 6.07) is 9.45. The Balaban J connectivity index is 1.67. The first kappa shape index (κ1) is 18.6. The molecule has 4 rings (SSSR count). The van der Waals surface area contributed by atoms with Crippen molar-refractivity contribution >= 4 is 61.4 Å². The van der Waals surface area contributed by atoms with E-state index in [1.165, 1.54) is 16.8 Å². The van der Waals surface area contributed by atoms with Crippen LogP contribution in [0.5, 0.6) is 0 Å². The Bertz CT molecular complexity index is 1080. The number of pyridine rings is 1. The molecule has 3 heterocycles. The van der Waals surface area contributed by atoms with Crippen LogP contribution in [0.15, 0.2) is 62.9 Å². The number of anilines is 1. The average molecular weight is 455 g/mol. The second-order valence-electron chi connectivity index (χ2n) is 6.27. The molecule has 1 aromatic heterocycles. The number of aliphatic imine (C=N–C) groups is 1. The number of benzene rings is 1. The zero-order valence-corrected chi connectivity index (χ0v) is 17.5. The number of thioether (sulfide) groups is 1. The van der Waals surface area contributed by atoms with Gasteiger partial charge in [0.2, 0.25) is 5.17 Å². The summed E-state index contributed by atoms with van der Waals surface area (Å²) >= 11 is 4.80. The number of rotatable bonds is 3. The molecule has 0 fully saturated rings. The highest BCUT2D eigenvalue weighted by Crippen LogP contribution is 2.31. The normalized spacial score (nSPS) is 17.5. The van der Waals surface area contributed by atoms with Crippen molar-refractivity contribution in [3.05, 3.63) is 63.9 Å². The number of amides is 1. The number of nitrogens with one attached hydrogen (secondary N) is 1. The standard InChI is InChI=1S/C19H15BrN6OS/c1-25(2)15-6-5-11(9-14(15)20)8-13-16(21)26-19(23-17(13)27)28-18(24-26)12-4-3-7-22-10-12/h3-10,21H,1-2H3/b13-8-,21-16?. The number of carbonyl (C=O) groups is 1. The summed E-state index contributed by atoms with van der Waals surface area (Å²) < 4.78 is 0.902. The second-order valence-corrected chi connectivity index (χ2v) is 8.08. The van der Waals surface area contributed by atoms with Gasteiger partial charge in [0.25, 0.3) is 5.91 Å². The third-order valence-electron chi connectivity index (χ3n) is 4.13. The van der Waals surface area contributed by atoms with Crippen molar-refractivity contribution in [2.45, 2.75) is 0 Å². The van der Waals surface area contributed by atoms with Gasteiger partial charge in [-0.1, -0.05) is 6.07 Å². The Labute approximate surface area is 174 Å². The average Bonchev–Trinajstić information content (AvgIpc) is 3.10. The smallest absolute Gasteiger partial charge is 0.283 e. The topological polar surface area (TPSA) is 85.0 Å². The van der Waals surface area contributed by atoms with Crippen LogP contribution in [0.25, 0.3) is 6.08 Å². The minimum absolute atomic E-state index is 0.00852. The van der Waals surface area contributed by atoms with E-state index in [0.29, 0.717) is 10.2 Å². The number of halogens is 1. The van der Waals surface area contributed by atoms with Gasteiger partial charge in [0.15, 0.2) is 5.84 Å². The van der Waals surface area contributed by atoms with Crippen LogP contribution in [0, 0.1) is 5.41 Å². The fourth-order valence-corrected chi connectivity index (χ4v) is 4.37. The van der Waals surface area contributed by atoms with Crippen LogP contribution in [-0.2, 0) is 4.79 Å².